The Morgan fingerprint density at radius 1 is 1.35 bits per heavy atom. The van der Waals surface area contributed by atoms with Crippen molar-refractivity contribution >= 4 is 11.6 Å². The van der Waals surface area contributed by atoms with Crippen LogP contribution in [0.3, 0.4) is 0 Å². The Labute approximate surface area is 125 Å². The van der Waals surface area contributed by atoms with Gasteiger partial charge in [-0.1, -0.05) is 30.9 Å². The quantitative estimate of drug-likeness (QED) is 0.889. The van der Waals surface area contributed by atoms with Crippen LogP contribution in [0.25, 0.3) is 0 Å². The van der Waals surface area contributed by atoms with Gasteiger partial charge in [0.25, 0.3) is 0 Å². The number of hydrogen-bond donors (Lipinski definition) is 1. The zero-order valence-electron chi connectivity index (χ0n) is 12.0. The van der Waals surface area contributed by atoms with Crippen LogP contribution in [0.5, 0.6) is 0 Å². The highest BCUT2D eigenvalue weighted by atomic mass is 35.5. The molecule has 0 saturated heterocycles. The Hall–Kier alpha value is -0.640. The van der Waals surface area contributed by atoms with E-state index in [9.17, 15) is 4.39 Å². The Morgan fingerprint density at radius 2 is 2.05 bits per heavy atom. The highest BCUT2D eigenvalue weighted by Gasteiger charge is 2.38. The molecule has 0 spiro atoms. The fourth-order valence-electron chi connectivity index (χ4n) is 3.18. The first-order valence-electron chi connectivity index (χ1n) is 7.41. The third-order valence-electron chi connectivity index (χ3n) is 4.26. The maximum atomic E-state index is 13.4. The minimum atomic E-state index is -0.275. The van der Waals surface area contributed by atoms with Gasteiger partial charge in [-0.15, -0.1) is 0 Å². The molecular formula is C16H23ClFNO. The van der Waals surface area contributed by atoms with E-state index >= 15 is 0 Å². The van der Waals surface area contributed by atoms with Gasteiger partial charge in [-0.25, -0.2) is 4.39 Å². The van der Waals surface area contributed by atoms with E-state index in [2.05, 4.69) is 0 Å². The molecule has 1 aliphatic carbocycles. The Kier molecular flexibility index (Phi) is 5.42. The van der Waals surface area contributed by atoms with Crippen molar-refractivity contribution in [3.8, 4) is 0 Å². The van der Waals surface area contributed by atoms with Crippen molar-refractivity contribution in [1.29, 1.82) is 0 Å². The second-order valence-electron chi connectivity index (χ2n) is 5.60. The summed E-state index contributed by atoms with van der Waals surface area (Å²) in [5.41, 5.74) is 6.91. The van der Waals surface area contributed by atoms with Crippen LogP contribution in [0.1, 0.15) is 44.6 Å². The van der Waals surface area contributed by atoms with Crippen molar-refractivity contribution in [2.45, 2.75) is 57.1 Å². The van der Waals surface area contributed by atoms with Gasteiger partial charge in [0.1, 0.15) is 5.82 Å². The van der Waals surface area contributed by atoms with Gasteiger partial charge in [-0.05, 0) is 49.9 Å². The zero-order chi connectivity index (χ0) is 14.6. The maximum absolute atomic E-state index is 13.4. The molecule has 1 aromatic rings. The third kappa shape index (κ3) is 3.51. The second-order valence-corrected chi connectivity index (χ2v) is 6.01. The molecule has 4 heteroatoms. The van der Waals surface area contributed by atoms with Gasteiger partial charge in [0.2, 0.25) is 0 Å². The zero-order valence-corrected chi connectivity index (χ0v) is 12.8. The van der Waals surface area contributed by atoms with E-state index in [0.717, 1.165) is 31.2 Å². The van der Waals surface area contributed by atoms with Gasteiger partial charge in [0.15, 0.2) is 0 Å². The molecule has 0 aliphatic heterocycles. The Balaban J connectivity index is 2.15. The number of halogens is 2. The first-order valence-corrected chi connectivity index (χ1v) is 7.78. The topological polar surface area (TPSA) is 35.2 Å². The molecule has 0 radical (unpaired) electrons. The average molecular weight is 300 g/mol. The molecule has 2 rings (SSSR count). The van der Waals surface area contributed by atoms with E-state index in [-0.39, 0.29) is 17.5 Å². The minimum Gasteiger partial charge on any atom is -0.374 e. The lowest BCUT2D eigenvalue weighted by Gasteiger charge is -2.41. The summed E-state index contributed by atoms with van der Waals surface area (Å²) in [6.45, 7) is 2.66. The number of nitrogens with two attached hydrogens (primary N) is 1. The van der Waals surface area contributed by atoms with Crippen molar-refractivity contribution in [3.05, 3.63) is 34.6 Å². The number of rotatable bonds is 5. The molecule has 1 unspecified atom stereocenters. The van der Waals surface area contributed by atoms with Crippen molar-refractivity contribution in [3.63, 3.8) is 0 Å². The van der Waals surface area contributed by atoms with Crippen LogP contribution in [0.4, 0.5) is 4.39 Å². The minimum absolute atomic E-state index is 0.151. The molecule has 0 amide bonds. The fourth-order valence-corrected chi connectivity index (χ4v) is 3.38. The van der Waals surface area contributed by atoms with E-state index in [1.54, 1.807) is 6.07 Å². The van der Waals surface area contributed by atoms with Crippen LogP contribution in [0.15, 0.2) is 18.2 Å². The molecule has 1 saturated carbocycles. The van der Waals surface area contributed by atoms with Crippen molar-refractivity contribution < 1.29 is 9.13 Å². The molecule has 1 aromatic carbocycles. The number of hydrogen-bond acceptors (Lipinski definition) is 2. The van der Waals surface area contributed by atoms with Crippen molar-refractivity contribution in [2.75, 3.05) is 6.61 Å². The second kappa shape index (κ2) is 6.88. The smallest absolute Gasteiger partial charge is 0.123 e. The van der Waals surface area contributed by atoms with Crippen LogP contribution >= 0.6 is 11.6 Å². The summed E-state index contributed by atoms with van der Waals surface area (Å²) >= 11 is 6.14. The summed E-state index contributed by atoms with van der Waals surface area (Å²) in [6.07, 6.45) is 6.04. The lowest BCUT2D eigenvalue weighted by molar-refractivity contribution is -0.0817. The maximum Gasteiger partial charge on any atom is 0.123 e. The van der Waals surface area contributed by atoms with Crippen molar-refractivity contribution in [2.24, 2.45) is 5.73 Å². The van der Waals surface area contributed by atoms with Crippen LogP contribution in [-0.4, -0.2) is 18.2 Å². The van der Waals surface area contributed by atoms with Crippen molar-refractivity contribution in [1.82, 2.24) is 0 Å². The Bertz CT molecular complexity index is 441. The Morgan fingerprint density at radius 3 is 2.70 bits per heavy atom. The monoisotopic (exact) mass is 299 g/mol. The number of benzene rings is 1. The standard InChI is InChI=1S/C16H23ClFNO/c1-2-20-16(8-4-3-5-9-16)15(19)11-12-10-13(18)6-7-14(12)17/h6-7,10,15H,2-5,8-9,11,19H2,1H3. The molecule has 1 aliphatic rings. The largest absolute Gasteiger partial charge is 0.374 e. The lowest BCUT2D eigenvalue weighted by atomic mass is 9.77. The molecule has 2 N–H and O–H groups in total. The molecule has 112 valence electrons. The SMILES string of the molecule is CCOC1(C(N)Cc2cc(F)ccc2Cl)CCCCC1. The van der Waals surface area contributed by atoms with E-state index in [1.807, 2.05) is 6.92 Å². The summed E-state index contributed by atoms with van der Waals surface area (Å²) in [5.74, 6) is -0.272. The summed E-state index contributed by atoms with van der Waals surface area (Å²) in [5, 5.41) is 0.573. The van der Waals surface area contributed by atoms with E-state index in [0.29, 0.717) is 18.1 Å². The molecule has 20 heavy (non-hydrogen) atoms. The third-order valence-corrected chi connectivity index (χ3v) is 4.62. The normalized spacial score (nSPS) is 19.8. The van der Waals surface area contributed by atoms with Gasteiger partial charge in [-0.2, -0.15) is 0 Å². The van der Waals surface area contributed by atoms with Gasteiger partial charge < -0.3 is 10.5 Å². The van der Waals surface area contributed by atoms with Crippen LogP contribution in [0.2, 0.25) is 5.02 Å². The lowest BCUT2D eigenvalue weighted by Crippen LogP contribution is -2.52. The molecule has 2 nitrogen and oxygen atoms in total. The fraction of sp³-hybridized carbons (Fsp3) is 0.625. The first-order chi connectivity index (χ1) is 9.57. The van der Waals surface area contributed by atoms with Crippen LogP contribution in [-0.2, 0) is 11.2 Å². The van der Waals surface area contributed by atoms with Gasteiger partial charge in [0, 0.05) is 17.7 Å². The molecule has 0 aromatic heterocycles. The molecular weight excluding hydrogens is 277 g/mol. The molecule has 1 fully saturated rings. The van der Waals surface area contributed by atoms with E-state index in [1.165, 1.54) is 18.6 Å². The number of ether oxygens (including phenoxy) is 1. The van der Waals surface area contributed by atoms with Crippen LogP contribution < -0.4 is 5.73 Å². The molecule has 0 bridgehead atoms. The summed E-state index contributed by atoms with van der Waals surface area (Å²) < 4.78 is 19.4. The van der Waals surface area contributed by atoms with Gasteiger partial charge in [0.05, 0.1) is 5.60 Å². The van der Waals surface area contributed by atoms with E-state index in [4.69, 9.17) is 22.1 Å². The summed E-state index contributed by atoms with van der Waals surface area (Å²) in [6, 6.07) is 4.29. The highest BCUT2D eigenvalue weighted by Crippen LogP contribution is 2.35. The van der Waals surface area contributed by atoms with Crippen LogP contribution in [0, 0.1) is 5.82 Å². The molecule has 1 atom stereocenters. The molecule has 0 heterocycles. The predicted molar refractivity (Wildman–Crippen MR) is 80.5 cm³/mol. The summed E-state index contributed by atoms with van der Waals surface area (Å²) in [4.78, 5) is 0. The van der Waals surface area contributed by atoms with E-state index < -0.39 is 0 Å². The highest BCUT2D eigenvalue weighted by molar-refractivity contribution is 6.31. The predicted octanol–water partition coefficient (Wildman–Crippen LogP) is 4.09. The average Bonchev–Trinajstić information content (AvgIpc) is 2.44. The summed E-state index contributed by atoms with van der Waals surface area (Å²) in [7, 11) is 0. The van der Waals surface area contributed by atoms with Gasteiger partial charge in [-0.3, -0.25) is 0 Å². The first kappa shape index (κ1) is 15.7. The van der Waals surface area contributed by atoms with Gasteiger partial charge >= 0.3 is 0 Å².